The second-order valence-electron chi connectivity index (χ2n) is 5.17. The first kappa shape index (κ1) is 13.5. The molecule has 0 aliphatic carbocycles. The predicted octanol–water partition coefficient (Wildman–Crippen LogP) is 0.789. The number of hydrogen-bond donors (Lipinski definition) is 2. The number of H-pyrrole nitrogens is 1. The number of morpholine rings is 1. The Kier molecular flexibility index (Phi) is 3.95. The molecule has 1 fully saturated rings. The van der Waals surface area contributed by atoms with Gasteiger partial charge in [-0.3, -0.25) is 5.10 Å². The highest BCUT2D eigenvalue weighted by Gasteiger charge is 2.15. The van der Waals surface area contributed by atoms with Gasteiger partial charge in [-0.1, -0.05) is 29.8 Å². The summed E-state index contributed by atoms with van der Waals surface area (Å²) in [7, 11) is 0. The van der Waals surface area contributed by atoms with Gasteiger partial charge in [0.2, 0.25) is 4.77 Å². The van der Waals surface area contributed by atoms with Crippen molar-refractivity contribution >= 4 is 12.2 Å². The quantitative estimate of drug-likeness (QED) is 0.822. The van der Waals surface area contributed by atoms with Crippen LogP contribution in [-0.4, -0.2) is 41.1 Å². The van der Waals surface area contributed by atoms with Crippen LogP contribution in [-0.2, 0) is 11.4 Å². The molecule has 1 aliphatic rings. The van der Waals surface area contributed by atoms with Crippen LogP contribution in [0.25, 0.3) is 11.4 Å². The molecule has 3 rings (SSSR count). The van der Waals surface area contributed by atoms with Gasteiger partial charge in [-0.15, -0.1) is 0 Å². The Morgan fingerprint density at radius 1 is 1.30 bits per heavy atom. The van der Waals surface area contributed by atoms with Gasteiger partial charge in [0.1, 0.15) is 13.1 Å². The Labute approximate surface area is 123 Å². The maximum Gasteiger partial charge on any atom is 0.221 e. The van der Waals surface area contributed by atoms with Gasteiger partial charge >= 0.3 is 0 Å². The smallest absolute Gasteiger partial charge is 0.221 e. The van der Waals surface area contributed by atoms with E-state index in [0.29, 0.717) is 4.77 Å². The minimum Gasteiger partial charge on any atom is -0.370 e. The Bertz CT molecular complexity index is 625. The highest BCUT2D eigenvalue weighted by molar-refractivity contribution is 7.71. The minimum atomic E-state index is 0.611. The normalized spacial score (nSPS) is 16.4. The second kappa shape index (κ2) is 5.87. The van der Waals surface area contributed by atoms with Crippen LogP contribution in [0.3, 0.4) is 0 Å². The van der Waals surface area contributed by atoms with Gasteiger partial charge in [0.25, 0.3) is 0 Å². The molecule has 2 heterocycles. The Hall–Kier alpha value is -1.50. The molecule has 6 heteroatoms. The van der Waals surface area contributed by atoms with E-state index < -0.39 is 0 Å². The summed E-state index contributed by atoms with van der Waals surface area (Å²) in [4.78, 5) is 5.92. The number of rotatable bonds is 3. The van der Waals surface area contributed by atoms with E-state index in [2.05, 4.69) is 41.3 Å². The van der Waals surface area contributed by atoms with Crippen LogP contribution in [0, 0.1) is 11.7 Å². The molecule has 0 unspecified atom stereocenters. The van der Waals surface area contributed by atoms with Crippen molar-refractivity contribution in [3.05, 3.63) is 34.6 Å². The van der Waals surface area contributed by atoms with Crippen LogP contribution < -0.4 is 4.90 Å². The average molecular weight is 291 g/mol. The van der Waals surface area contributed by atoms with Crippen molar-refractivity contribution in [2.24, 2.45) is 0 Å². The molecule has 1 aliphatic heterocycles. The molecular weight excluding hydrogens is 272 g/mol. The minimum absolute atomic E-state index is 0.611. The van der Waals surface area contributed by atoms with Gasteiger partial charge in [-0.2, -0.15) is 4.98 Å². The fourth-order valence-electron chi connectivity index (χ4n) is 2.35. The first-order chi connectivity index (χ1) is 9.72. The Morgan fingerprint density at radius 3 is 2.70 bits per heavy atom. The van der Waals surface area contributed by atoms with E-state index in [-0.39, 0.29) is 0 Å². The average Bonchev–Trinajstić information content (AvgIpc) is 2.82. The van der Waals surface area contributed by atoms with Crippen molar-refractivity contribution in [3.63, 3.8) is 0 Å². The molecule has 20 heavy (non-hydrogen) atoms. The molecule has 106 valence electrons. The van der Waals surface area contributed by atoms with Crippen LogP contribution in [0.5, 0.6) is 0 Å². The molecule has 0 amide bonds. The second-order valence-corrected chi connectivity index (χ2v) is 5.53. The summed E-state index contributed by atoms with van der Waals surface area (Å²) < 4.78 is 7.93. The van der Waals surface area contributed by atoms with Gasteiger partial charge in [0.15, 0.2) is 12.5 Å². The first-order valence-electron chi connectivity index (χ1n) is 6.87. The Balaban J connectivity index is 1.79. The zero-order valence-corrected chi connectivity index (χ0v) is 12.4. The molecule has 0 bridgehead atoms. The Morgan fingerprint density at radius 2 is 2.00 bits per heavy atom. The van der Waals surface area contributed by atoms with E-state index in [1.807, 2.05) is 4.68 Å². The lowest BCUT2D eigenvalue weighted by atomic mass is 10.1. The van der Waals surface area contributed by atoms with Gasteiger partial charge in [-0.25, -0.2) is 4.68 Å². The molecule has 0 radical (unpaired) electrons. The topological polar surface area (TPSA) is 47.3 Å². The third-order valence-electron chi connectivity index (χ3n) is 3.59. The third kappa shape index (κ3) is 2.98. The zero-order valence-electron chi connectivity index (χ0n) is 11.6. The van der Waals surface area contributed by atoms with E-state index in [9.17, 15) is 0 Å². The number of aromatic amines is 1. The van der Waals surface area contributed by atoms with Crippen molar-refractivity contribution in [1.82, 2.24) is 14.8 Å². The van der Waals surface area contributed by atoms with Crippen LogP contribution >= 0.6 is 12.2 Å². The molecule has 2 aromatic rings. The van der Waals surface area contributed by atoms with Crippen molar-refractivity contribution in [1.29, 1.82) is 0 Å². The van der Waals surface area contributed by atoms with Crippen LogP contribution in [0.15, 0.2) is 24.3 Å². The maximum atomic E-state index is 5.37. The summed E-state index contributed by atoms with van der Waals surface area (Å²) in [5.41, 5.74) is 2.31. The van der Waals surface area contributed by atoms with E-state index in [1.54, 1.807) is 0 Å². The molecule has 0 spiro atoms. The van der Waals surface area contributed by atoms with Crippen molar-refractivity contribution in [2.45, 2.75) is 13.6 Å². The molecule has 1 saturated heterocycles. The van der Waals surface area contributed by atoms with E-state index in [4.69, 9.17) is 17.0 Å². The van der Waals surface area contributed by atoms with E-state index in [1.165, 1.54) is 10.5 Å². The number of hydrogen-bond acceptors (Lipinski definition) is 3. The highest BCUT2D eigenvalue weighted by atomic mass is 32.1. The summed E-state index contributed by atoms with van der Waals surface area (Å²) in [5, 5.41) is 3.30. The lowest BCUT2D eigenvalue weighted by Crippen LogP contribution is -3.13. The summed E-state index contributed by atoms with van der Waals surface area (Å²) in [6, 6.07) is 8.29. The molecular formula is C14H19N4OS+. The molecule has 5 nitrogen and oxygen atoms in total. The number of nitrogens with zero attached hydrogens (tertiary/aromatic N) is 2. The number of ether oxygens (including phenoxy) is 1. The summed E-state index contributed by atoms with van der Waals surface area (Å²) in [5.74, 6) is 0.836. The van der Waals surface area contributed by atoms with E-state index in [0.717, 1.165) is 44.4 Å². The first-order valence-corrected chi connectivity index (χ1v) is 7.28. The highest BCUT2D eigenvalue weighted by Crippen LogP contribution is 2.15. The van der Waals surface area contributed by atoms with Crippen molar-refractivity contribution < 1.29 is 9.64 Å². The lowest BCUT2D eigenvalue weighted by Gasteiger charge is -2.23. The van der Waals surface area contributed by atoms with Crippen molar-refractivity contribution in [3.8, 4) is 11.4 Å². The van der Waals surface area contributed by atoms with Gasteiger partial charge in [-0.05, 0) is 19.1 Å². The largest absolute Gasteiger partial charge is 0.370 e. The number of nitrogens with one attached hydrogen (secondary N) is 2. The number of aryl methyl sites for hydroxylation is 1. The predicted molar refractivity (Wildman–Crippen MR) is 79.1 cm³/mol. The summed E-state index contributed by atoms with van der Waals surface area (Å²) in [6.45, 7) is 6.57. The lowest BCUT2D eigenvalue weighted by molar-refractivity contribution is -0.930. The molecule has 1 aromatic heterocycles. The number of quaternary nitrogens is 1. The molecule has 2 N–H and O–H groups in total. The van der Waals surface area contributed by atoms with Crippen LogP contribution in [0.4, 0.5) is 0 Å². The van der Waals surface area contributed by atoms with Gasteiger partial charge in [0, 0.05) is 5.56 Å². The van der Waals surface area contributed by atoms with Crippen LogP contribution in [0.2, 0.25) is 0 Å². The van der Waals surface area contributed by atoms with Gasteiger partial charge < -0.3 is 9.64 Å². The molecule has 0 saturated carbocycles. The van der Waals surface area contributed by atoms with Crippen LogP contribution in [0.1, 0.15) is 5.56 Å². The molecule has 1 aromatic carbocycles. The third-order valence-corrected chi connectivity index (χ3v) is 3.90. The zero-order chi connectivity index (χ0) is 13.9. The fraction of sp³-hybridized carbons (Fsp3) is 0.429. The monoisotopic (exact) mass is 291 g/mol. The number of benzene rings is 1. The maximum absolute atomic E-state index is 5.37. The summed E-state index contributed by atoms with van der Waals surface area (Å²) in [6.07, 6.45) is 0. The SMILES string of the molecule is Cc1ccc(-c2nc(=S)n(C[NH+]3CCOCC3)[nH]2)cc1. The number of aromatic nitrogens is 3. The molecule has 0 atom stereocenters. The summed E-state index contributed by atoms with van der Waals surface area (Å²) >= 11 is 5.34. The van der Waals surface area contributed by atoms with Gasteiger partial charge in [0.05, 0.1) is 13.2 Å². The standard InChI is InChI=1S/C14H18N4OS/c1-11-2-4-12(5-3-11)13-15-14(20)18(16-13)10-17-6-8-19-9-7-17/h2-5H,6-10H2,1H3,(H,15,16,20)/p+1. The fourth-order valence-corrected chi connectivity index (χ4v) is 2.55. The van der Waals surface area contributed by atoms with E-state index >= 15 is 0 Å². The van der Waals surface area contributed by atoms with Crippen molar-refractivity contribution in [2.75, 3.05) is 26.3 Å².